The third-order valence-electron chi connectivity index (χ3n) is 2.75. The third-order valence-corrected chi connectivity index (χ3v) is 3.29. The molecule has 0 radical (unpaired) electrons. The predicted molar refractivity (Wildman–Crippen MR) is 72.9 cm³/mol. The van der Waals surface area contributed by atoms with Crippen molar-refractivity contribution in [3.8, 4) is 11.1 Å². The van der Waals surface area contributed by atoms with Crippen LogP contribution in [-0.4, -0.2) is 4.40 Å². The van der Waals surface area contributed by atoms with Gasteiger partial charge in [0.1, 0.15) is 0 Å². The minimum absolute atomic E-state index is 0.655. The summed E-state index contributed by atoms with van der Waals surface area (Å²) in [6.45, 7) is 0. The number of hydrogen-bond donors (Lipinski definition) is 0. The van der Waals surface area contributed by atoms with E-state index in [-0.39, 0.29) is 0 Å². The number of pyridine rings is 1. The van der Waals surface area contributed by atoms with Crippen LogP contribution in [0.15, 0.2) is 54.9 Å². The highest BCUT2D eigenvalue weighted by atomic mass is 35.5. The molecule has 0 aliphatic heterocycles. The molecular formula is C14H9Cl2N. The molecule has 0 fully saturated rings. The molecular weight excluding hydrogens is 253 g/mol. The lowest BCUT2D eigenvalue weighted by Gasteiger charge is -2.01. The maximum atomic E-state index is 6.20. The molecule has 3 aromatic rings. The number of hydrogen-bond acceptors (Lipinski definition) is 0. The minimum Gasteiger partial charge on any atom is -0.323 e. The fourth-order valence-electron chi connectivity index (χ4n) is 1.93. The molecule has 0 atom stereocenters. The van der Waals surface area contributed by atoms with Crippen LogP contribution in [0.2, 0.25) is 10.0 Å². The second kappa shape index (κ2) is 4.10. The van der Waals surface area contributed by atoms with Crippen LogP contribution in [0.1, 0.15) is 0 Å². The molecule has 17 heavy (non-hydrogen) atoms. The fraction of sp³-hybridized carbons (Fsp3) is 0. The van der Waals surface area contributed by atoms with Gasteiger partial charge in [-0.2, -0.15) is 0 Å². The summed E-state index contributed by atoms with van der Waals surface area (Å²) in [4.78, 5) is 0. The van der Waals surface area contributed by atoms with Crippen LogP contribution >= 0.6 is 23.2 Å². The lowest BCUT2D eigenvalue weighted by Crippen LogP contribution is -1.78. The topological polar surface area (TPSA) is 4.41 Å². The van der Waals surface area contributed by atoms with Gasteiger partial charge in [0, 0.05) is 39.1 Å². The van der Waals surface area contributed by atoms with E-state index in [1.54, 1.807) is 6.07 Å². The lowest BCUT2D eigenvalue weighted by atomic mass is 10.1. The van der Waals surface area contributed by atoms with Crippen molar-refractivity contribution in [3.63, 3.8) is 0 Å². The summed E-state index contributed by atoms with van der Waals surface area (Å²) in [5, 5.41) is 1.33. The van der Waals surface area contributed by atoms with Crippen LogP contribution < -0.4 is 0 Å². The Morgan fingerprint density at radius 2 is 1.82 bits per heavy atom. The zero-order chi connectivity index (χ0) is 11.8. The van der Waals surface area contributed by atoms with Gasteiger partial charge < -0.3 is 4.40 Å². The zero-order valence-corrected chi connectivity index (χ0v) is 10.4. The van der Waals surface area contributed by atoms with E-state index in [1.165, 1.54) is 0 Å². The number of aromatic nitrogens is 1. The zero-order valence-electron chi connectivity index (χ0n) is 8.90. The molecule has 0 unspecified atom stereocenters. The Hall–Kier alpha value is -1.44. The second-order valence-electron chi connectivity index (χ2n) is 3.89. The number of benzene rings is 1. The highest BCUT2D eigenvalue weighted by Crippen LogP contribution is 2.31. The van der Waals surface area contributed by atoms with Gasteiger partial charge in [-0.1, -0.05) is 35.3 Å². The minimum atomic E-state index is 0.655. The first-order valence-corrected chi connectivity index (χ1v) is 6.02. The van der Waals surface area contributed by atoms with Gasteiger partial charge in [0.05, 0.1) is 0 Å². The second-order valence-corrected chi connectivity index (χ2v) is 4.73. The van der Waals surface area contributed by atoms with E-state index < -0.39 is 0 Å². The van der Waals surface area contributed by atoms with Crippen LogP contribution in [0.25, 0.3) is 16.6 Å². The molecule has 0 aliphatic carbocycles. The first-order valence-electron chi connectivity index (χ1n) is 5.26. The molecule has 0 bridgehead atoms. The lowest BCUT2D eigenvalue weighted by molar-refractivity contribution is 1.20. The van der Waals surface area contributed by atoms with Crippen molar-refractivity contribution in [2.24, 2.45) is 0 Å². The molecule has 0 amide bonds. The molecule has 2 heterocycles. The van der Waals surface area contributed by atoms with Crippen molar-refractivity contribution in [2.45, 2.75) is 0 Å². The Morgan fingerprint density at radius 3 is 2.59 bits per heavy atom. The Morgan fingerprint density at radius 1 is 0.941 bits per heavy atom. The van der Waals surface area contributed by atoms with Crippen molar-refractivity contribution in [2.75, 3.05) is 0 Å². The van der Waals surface area contributed by atoms with Gasteiger partial charge in [0.25, 0.3) is 0 Å². The number of nitrogens with zero attached hydrogens (tertiary/aromatic N) is 1. The average molecular weight is 262 g/mol. The van der Waals surface area contributed by atoms with Crippen molar-refractivity contribution in [1.82, 2.24) is 4.40 Å². The number of fused-ring (bicyclic) bond motifs is 1. The number of halogens is 2. The van der Waals surface area contributed by atoms with Crippen LogP contribution in [0.4, 0.5) is 0 Å². The molecule has 3 rings (SSSR count). The summed E-state index contributed by atoms with van der Waals surface area (Å²) in [5.74, 6) is 0. The van der Waals surface area contributed by atoms with E-state index in [2.05, 4.69) is 22.7 Å². The van der Waals surface area contributed by atoms with Crippen LogP contribution in [0, 0.1) is 0 Å². The van der Waals surface area contributed by atoms with Crippen LogP contribution in [0.5, 0.6) is 0 Å². The summed E-state index contributed by atoms with van der Waals surface area (Å²) in [6, 6.07) is 13.7. The summed E-state index contributed by atoms with van der Waals surface area (Å²) in [7, 11) is 0. The molecule has 0 N–H and O–H groups in total. The average Bonchev–Trinajstić information content (AvgIpc) is 2.72. The van der Waals surface area contributed by atoms with E-state index in [0.29, 0.717) is 10.0 Å². The van der Waals surface area contributed by atoms with Crippen molar-refractivity contribution >= 4 is 28.7 Å². The molecule has 0 saturated carbocycles. The molecule has 84 valence electrons. The molecule has 2 aromatic heterocycles. The summed E-state index contributed by atoms with van der Waals surface area (Å²) >= 11 is 12.1. The Kier molecular flexibility index (Phi) is 2.58. The molecule has 0 saturated heterocycles. The monoisotopic (exact) mass is 261 g/mol. The Balaban J connectivity index is 2.20. The van der Waals surface area contributed by atoms with Crippen molar-refractivity contribution in [1.29, 1.82) is 0 Å². The molecule has 0 spiro atoms. The molecule has 1 aromatic carbocycles. The first-order chi connectivity index (χ1) is 8.24. The van der Waals surface area contributed by atoms with Crippen molar-refractivity contribution in [3.05, 3.63) is 64.9 Å². The maximum Gasteiger partial charge on any atom is 0.0499 e. The van der Waals surface area contributed by atoms with E-state index in [1.807, 2.05) is 30.5 Å². The van der Waals surface area contributed by atoms with E-state index >= 15 is 0 Å². The molecule has 1 nitrogen and oxygen atoms in total. The van der Waals surface area contributed by atoms with Gasteiger partial charge in [-0.25, -0.2) is 0 Å². The highest BCUT2D eigenvalue weighted by Gasteiger charge is 2.06. The van der Waals surface area contributed by atoms with Gasteiger partial charge in [0.15, 0.2) is 0 Å². The summed E-state index contributed by atoms with van der Waals surface area (Å²) in [6.07, 6.45) is 4.08. The smallest absolute Gasteiger partial charge is 0.0499 e. The largest absolute Gasteiger partial charge is 0.323 e. The highest BCUT2D eigenvalue weighted by molar-refractivity contribution is 6.36. The Bertz CT molecular complexity index is 653. The fourth-order valence-corrected chi connectivity index (χ4v) is 2.44. The first kappa shape index (κ1) is 10.7. The van der Waals surface area contributed by atoms with Gasteiger partial charge >= 0.3 is 0 Å². The molecule has 3 heteroatoms. The van der Waals surface area contributed by atoms with Gasteiger partial charge in [-0.05, 0) is 30.3 Å². The Labute approximate surface area is 109 Å². The van der Waals surface area contributed by atoms with Gasteiger partial charge in [0.2, 0.25) is 0 Å². The SMILES string of the molecule is Clc1ccc(-c2cc3ccccn3c2)c(Cl)c1. The van der Waals surface area contributed by atoms with E-state index in [0.717, 1.165) is 16.6 Å². The summed E-state index contributed by atoms with van der Waals surface area (Å²) in [5.41, 5.74) is 3.24. The van der Waals surface area contributed by atoms with Gasteiger partial charge in [-0.15, -0.1) is 0 Å². The van der Waals surface area contributed by atoms with Crippen molar-refractivity contribution < 1.29 is 0 Å². The molecule has 0 aliphatic rings. The summed E-state index contributed by atoms with van der Waals surface area (Å²) < 4.78 is 2.07. The standard InChI is InChI=1S/C14H9Cl2N/c15-11-4-5-13(14(16)8-11)10-7-12-3-1-2-6-17(12)9-10/h1-9H. The van der Waals surface area contributed by atoms with E-state index in [4.69, 9.17) is 23.2 Å². The number of rotatable bonds is 1. The maximum absolute atomic E-state index is 6.20. The van der Waals surface area contributed by atoms with Gasteiger partial charge in [-0.3, -0.25) is 0 Å². The van der Waals surface area contributed by atoms with Crippen LogP contribution in [0.3, 0.4) is 0 Å². The van der Waals surface area contributed by atoms with E-state index in [9.17, 15) is 0 Å². The van der Waals surface area contributed by atoms with Crippen LogP contribution in [-0.2, 0) is 0 Å². The predicted octanol–water partition coefficient (Wildman–Crippen LogP) is 4.91. The normalized spacial score (nSPS) is 10.9. The third kappa shape index (κ3) is 1.92. The quantitative estimate of drug-likeness (QED) is 0.586.